The summed E-state index contributed by atoms with van der Waals surface area (Å²) in [6.45, 7) is 4.82. The van der Waals surface area contributed by atoms with Crippen molar-refractivity contribution in [2.24, 2.45) is 0 Å². The molecule has 0 unspecified atom stereocenters. The van der Waals surface area contributed by atoms with Gasteiger partial charge in [0.15, 0.2) is 0 Å². The minimum absolute atomic E-state index is 0.264. The van der Waals surface area contributed by atoms with Gasteiger partial charge in [-0.1, -0.05) is 13.0 Å². The smallest absolute Gasteiger partial charge is 0.240 e. The molecule has 1 aromatic heterocycles. The van der Waals surface area contributed by atoms with Gasteiger partial charge in [0.05, 0.1) is 11.5 Å². The standard InChI is InChI=1S/C15H19NO3S2/c1-3-8-19-15-7-6-14(10-12(15)2)21(17,18)16-11-13-5-4-9-20-13/h4-7,9-10,16H,3,8,11H2,1-2H3. The van der Waals surface area contributed by atoms with Gasteiger partial charge in [0.1, 0.15) is 5.75 Å². The van der Waals surface area contributed by atoms with Crippen LogP contribution < -0.4 is 9.46 Å². The zero-order chi connectivity index (χ0) is 15.3. The second-order valence-electron chi connectivity index (χ2n) is 4.68. The Balaban J connectivity index is 2.10. The molecule has 114 valence electrons. The van der Waals surface area contributed by atoms with Crippen LogP contribution in [0.3, 0.4) is 0 Å². The SMILES string of the molecule is CCCOc1ccc(S(=O)(=O)NCc2cccs2)cc1C. The molecule has 6 heteroatoms. The highest BCUT2D eigenvalue weighted by Crippen LogP contribution is 2.22. The molecule has 1 aromatic carbocycles. The van der Waals surface area contributed by atoms with Gasteiger partial charge in [0.25, 0.3) is 0 Å². The lowest BCUT2D eigenvalue weighted by molar-refractivity contribution is 0.315. The van der Waals surface area contributed by atoms with Gasteiger partial charge in [-0.25, -0.2) is 13.1 Å². The molecular weight excluding hydrogens is 306 g/mol. The van der Waals surface area contributed by atoms with E-state index in [2.05, 4.69) is 4.72 Å². The van der Waals surface area contributed by atoms with Gasteiger partial charge in [0.2, 0.25) is 10.0 Å². The summed E-state index contributed by atoms with van der Waals surface area (Å²) in [6.07, 6.45) is 0.919. The molecule has 2 rings (SSSR count). The van der Waals surface area contributed by atoms with Crippen molar-refractivity contribution in [1.29, 1.82) is 0 Å². The van der Waals surface area contributed by atoms with E-state index in [1.54, 1.807) is 18.2 Å². The fourth-order valence-electron chi connectivity index (χ4n) is 1.83. The molecule has 0 aliphatic rings. The van der Waals surface area contributed by atoms with Gasteiger partial charge >= 0.3 is 0 Å². The molecule has 0 spiro atoms. The van der Waals surface area contributed by atoms with Crippen molar-refractivity contribution in [3.8, 4) is 5.75 Å². The topological polar surface area (TPSA) is 55.4 Å². The Kier molecular flexibility index (Phi) is 5.39. The first kappa shape index (κ1) is 16.0. The monoisotopic (exact) mass is 325 g/mol. The van der Waals surface area contributed by atoms with Crippen molar-refractivity contribution in [2.75, 3.05) is 6.61 Å². The van der Waals surface area contributed by atoms with E-state index in [0.29, 0.717) is 13.2 Å². The summed E-state index contributed by atoms with van der Waals surface area (Å²) in [6, 6.07) is 8.74. The summed E-state index contributed by atoms with van der Waals surface area (Å²) < 4.78 is 32.7. The summed E-state index contributed by atoms with van der Waals surface area (Å²) in [4.78, 5) is 1.25. The van der Waals surface area contributed by atoms with Gasteiger partial charge in [-0.15, -0.1) is 11.3 Å². The Morgan fingerprint density at radius 3 is 2.71 bits per heavy atom. The number of ether oxygens (including phenoxy) is 1. The average molecular weight is 325 g/mol. The maximum Gasteiger partial charge on any atom is 0.240 e. The van der Waals surface area contributed by atoms with Crippen LogP contribution in [0.2, 0.25) is 0 Å². The molecule has 0 amide bonds. The molecule has 0 fully saturated rings. The van der Waals surface area contributed by atoms with Crippen molar-refractivity contribution >= 4 is 21.4 Å². The van der Waals surface area contributed by atoms with Gasteiger partial charge < -0.3 is 4.74 Å². The van der Waals surface area contributed by atoms with Crippen molar-refractivity contribution in [1.82, 2.24) is 4.72 Å². The number of nitrogens with one attached hydrogen (secondary N) is 1. The Bertz CT molecular complexity index is 679. The molecule has 21 heavy (non-hydrogen) atoms. The summed E-state index contributed by atoms with van der Waals surface area (Å²) in [5, 5.41) is 1.92. The zero-order valence-corrected chi connectivity index (χ0v) is 13.8. The van der Waals surface area contributed by atoms with Crippen LogP contribution in [-0.2, 0) is 16.6 Å². The number of aryl methyl sites for hydroxylation is 1. The van der Waals surface area contributed by atoms with Crippen LogP contribution in [0.25, 0.3) is 0 Å². The summed E-state index contributed by atoms with van der Waals surface area (Å²) in [7, 11) is -3.50. The molecule has 0 bridgehead atoms. The summed E-state index contributed by atoms with van der Waals surface area (Å²) >= 11 is 1.53. The molecule has 0 saturated carbocycles. The molecule has 4 nitrogen and oxygen atoms in total. The molecule has 2 aromatic rings. The van der Waals surface area contributed by atoms with E-state index in [1.807, 2.05) is 31.4 Å². The summed E-state index contributed by atoms with van der Waals surface area (Å²) in [5.41, 5.74) is 0.822. The fourth-order valence-corrected chi connectivity index (χ4v) is 3.65. The maximum absolute atomic E-state index is 12.3. The first-order valence-electron chi connectivity index (χ1n) is 6.78. The third kappa shape index (κ3) is 4.30. The molecule has 0 aliphatic heterocycles. The normalized spacial score (nSPS) is 11.5. The number of benzene rings is 1. The van der Waals surface area contributed by atoms with E-state index >= 15 is 0 Å². The van der Waals surface area contributed by atoms with Gasteiger partial charge in [-0.2, -0.15) is 0 Å². The van der Waals surface area contributed by atoms with Crippen LogP contribution >= 0.6 is 11.3 Å². The van der Waals surface area contributed by atoms with Crippen LogP contribution in [0.15, 0.2) is 40.6 Å². The lowest BCUT2D eigenvalue weighted by Crippen LogP contribution is -2.22. The van der Waals surface area contributed by atoms with E-state index in [1.165, 1.54) is 11.3 Å². The second kappa shape index (κ2) is 7.06. The second-order valence-corrected chi connectivity index (χ2v) is 7.48. The summed E-state index contributed by atoms with van der Waals surface area (Å²) in [5.74, 6) is 0.731. The number of thiophene rings is 1. The van der Waals surface area contributed by atoms with Gasteiger partial charge in [0, 0.05) is 11.4 Å². The minimum atomic E-state index is -3.50. The third-order valence-electron chi connectivity index (χ3n) is 2.93. The van der Waals surface area contributed by atoms with E-state index in [4.69, 9.17) is 4.74 Å². The molecular formula is C15H19NO3S2. The van der Waals surface area contributed by atoms with E-state index in [0.717, 1.165) is 22.6 Å². The number of sulfonamides is 1. The van der Waals surface area contributed by atoms with Crippen LogP contribution in [0.4, 0.5) is 0 Å². The molecule has 0 atom stereocenters. The van der Waals surface area contributed by atoms with Crippen LogP contribution in [0, 0.1) is 6.92 Å². The van der Waals surface area contributed by atoms with Crippen LogP contribution in [-0.4, -0.2) is 15.0 Å². The first-order valence-corrected chi connectivity index (χ1v) is 9.14. The highest BCUT2D eigenvalue weighted by molar-refractivity contribution is 7.89. The van der Waals surface area contributed by atoms with Crippen LogP contribution in [0.5, 0.6) is 5.75 Å². The molecule has 1 N–H and O–H groups in total. The lowest BCUT2D eigenvalue weighted by atomic mass is 10.2. The number of hydrogen-bond donors (Lipinski definition) is 1. The predicted octanol–water partition coefficient (Wildman–Crippen LogP) is 3.32. The van der Waals surface area contributed by atoms with Crippen LogP contribution in [0.1, 0.15) is 23.8 Å². The number of hydrogen-bond acceptors (Lipinski definition) is 4. The molecule has 0 saturated heterocycles. The Morgan fingerprint density at radius 1 is 1.29 bits per heavy atom. The highest BCUT2D eigenvalue weighted by atomic mass is 32.2. The Hall–Kier alpha value is -1.37. The first-order chi connectivity index (χ1) is 10.0. The number of rotatable bonds is 7. The zero-order valence-electron chi connectivity index (χ0n) is 12.1. The Labute approximate surface area is 129 Å². The minimum Gasteiger partial charge on any atom is -0.493 e. The molecule has 0 radical (unpaired) electrons. The quantitative estimate of drug-likeness (QED) is 0.849. The lowest BCUT2D eigenvalue weighted by Gasteiger charge is -2.11. The van der Waals surface area contributed by atoms with Gasteiger partial charge in [-0.3, -0.25) is 0 Å². The molecule has 0 aliphatic carbocycles. The largest absolute Gasteiger partial charge is 0.493 e. The van der Waals surface area contributed by atoms with Crippen molar-refractivity contribution in [3.05, 3.63) is 46.2 Å². The van der Waals surface area contributed by atoms with E-state index < -0.39 is 10.0 Å². The van der Waals surface area contributed by atoms with E-state index in [9.17, 15) is 8.42 Å². The average Bonchev–Trinajstić information content (AvgIpc) is 2.97. The maximum atomic E-state index is 12.3. The van der Waals surface area contributed by atoms with Crippen molar-refractivity contribution in [3.63, 3.8) is 0 Å². The highest BCUT2D eigenvalue weighted by Gasteiger charge is 2.15. The molecule has 1 heterocycles. The van der Waals surface area contributed by atoms with E-state index in [-0.39, 0.29) is 4.90 Å². The fraction of sp³-hybridized carbons (Fsp3) is 0.333. The third-order valence-corrected chi connectivity index (χ3v) is 5.21. The van der Waals surface area contributed by atoms with Gasteiger partial charge in [-0.05, 0) is 48.6 Å². The van der Waals surface area contributed by atoms with Crippen molar-refractivity contribution in [2.45, 2.75) is 31.7 Å². The predicted molar refractivity (Wildman–Crippen MR) is 85.3 cm³/mol. The Morgan fingerprint density at radius 2 is 2.10 bits per heavy atom. The van der Waals surface area contributed by atoms with Crippen molar-refractivity contribution < 1.29 is 13.2 Å².